The maximum absolute atomic E-state index is 12.8. The van der Waals surface area contributed by atoms with Crippen LogP contribution in [-0.4, -0.2) is 21.1 Å². The molecule has 0 saturated carbocycles. The second-order valence-electron chi connectivity index (χ2n) is 6.72. The van der Waals surface area contributed by atoms with Crippen LogP contribution < -0.4 is 9.46 Å². The maximum Gasteiger partial charge on any atom is 0.240 e. The predicted octanol–water partition coefficient (Wildman–Crippen LogP) is 3.61. The number of nitrogens with one attached hydrogen (secondary N) is 1. The Balaban J connectivity index is 1.54. The van der Waals surface area contributed by atoms with E-state index in [0.717, 1.165) is 35.0 Å². The topological polar surface area (TPSA) is 55.4 Å². The molecule has 4 nitrogen and oxygen atoms in total. The molecule has 1 N–H and O–H groups in total. The monoisotopic (exact) mass is 421 g/mol. The summed E-state index contributed by atoms with van der Waals surface area (Å²) in [6, 6.07) is 11.1. The van der Waals surface area contributed by atoms with Gasteiger partial charge < -0.3 is 4.74 Å². The van der Waals surface area contributed by atoms with E-state index in [2.05, 4.69) is 20.7 Å². The van der Waals surface area contributed by atoms with Crippen LogP contribution in [0.2, 0.25) is 0 Å². The van der Waals surface area contributed by atoms with E-state index in [1.54, 1.807) is 6.07 Å². The van der Waals surface area contributed by atoms with Crippen molar-refractivity contribution >= 4 is 26.0 Å². The van der Waals surface area contributed by atoms with Gasteiger partial charge in [-0.25, -0.2) is 13.1 Å². The van der Waals surface area contributed by atoms with Gasteiger partial charge in [-0.15, -0.1) is 0 Å². The van der Waals surface area contributed by atoms with Gasteiger partial charge in [0.2, 0.25) is 10.0 Å². The summed E-state index contributed by atoms with van der Waals surface area (Å²) in [4.78, 5) is 0.355. The van der Waals surface area contributed by atoms with Gasteiger partial charge in [-0.05, 0) is 79.1 Å². The molecule has 0 saturated heterocycles. The summed E-state index contributed by atoms with van der Waals surface area (Å²) in [7, 11) is -3.55. The van der Waals surface area contributed by atoms with Gasteiger partial charge in [0.1, 0.15) is 12.4 Å². The predicted molar refractivity (Wildman–Crippen MR) is 101 cm³/mol. The Morgan fingerprint density at radius 1 is 1.00 bits per heavy atom. The first-order chi connectivity index (χ1) is 12.0. The summed E-state index contributed by atoms with van der Waals surface area (Å²) in [5.41, 5.74) is 3.46. The molecule has 6 heteroatoms. The van der Waals surface area contributed by atoms with Gasteiger partial charge in [0.25, 0.3) is 0 Å². The minimum atomic E-state index is -3.55. The quantitative estimate of drug-likeness (QED) is 0.823. The molecule has 2 aromatic carbocycles. The molecule has 0 spiro atoms. The number of fused-ring (bicyclic) bond motifs is 2. The molecule has 0 fully saturated rings. The fourth-order valence-corrected chi connectivity index (χ4v) is 5.28. The van der Waals surface area contributed by atoms with Gasteiger partial charge in [-0.2, -0.15) is 0 Å². The summed E-state index contributed by atoms with van der Waals surface area (Å²) in [5.74, 6) is 0.826. The molecule has 0 radical (unpaired) electrons. The molecular formula is C19H20BrNO3S. The number of hydrogen-bond donors (Lipinski definition) is 1. The van der Waals surface area contributed by atoms with Gasteiger partial charge in [0.15, 0.2) is 0 Å². The number of halogens is 1. The lowest BCUT2D eigenvalue weighted by Crippen LogP contribution is -2.42. The van der Waals surface area contributed by atoms with Crippen molar-refractivity contribution in [1.82, 2.24) is 4.72 Å². The number of sulfonamides is 1. The molecule has 4 rings (SSSR count). The summed E-state index contributed by atoms with van der Waals surface area (Å²) >= 11 is 3.45. The third-order valence-corrected chi connectivity index (χ3v) is 6.89. The fourth-order valence-electron chi connectivity index (χ4n) is 3.60. The van der Waals surface area contributed by atoms with Crippen molar-refractivity contribution in [2.75, 3.05) is 6.61 Å². The van der Waals surface area contributed by atoms with Crippen molar-refractivity contribution in [1.29, 1.82) is 0 Å². The molecule has 0 amide bonds. The van der Waals surface area contributed by atoms with Crippen molar-refractivity contribution in [2.45, 2.75) is 43.0 Å². The van der Waals surface area contributed by atoms with Crippen molar-refractivity contribution in [3.63, 3.8) is 0 Å². The Hall–Kier alpha value is -1.37. The van der Waals surface area contributed by atoms with Crippen LogP contribution in [0.15, 0.2) is 45.8 Å². The molecular weight excluding hydrogens is 402 g/mol. The smallest absolute Gasteiger partial charge is 0.240 e. The standard InChI is InChI=1S/C19H20BrNO3S/c20-16-6-8-19-15(9-16)10-17(12-24-19)21-25(22,23)18-7-5-13-3-1-2-4-14(13)11-18/h5-9,11,17,21H,1-4,10,12H2/t17-/m0/s1. The lowest BCUT2D eigenvalue weighted by atomic mass is 9.92. The Morgan fingerprint density at radius 2 is 1.80 bits per heavy atom. The van der Waals surface area contributed by atoms with Crippen molar-refractivity contribution in [2.24, 2.45) is 0 Å². The molecule has 2 aromatic rings. The maximum atomic E-state index is 12.8. The van der Waals surface area contributed by atoms with Crippen LogP contribution in [0.1, 0.15) is 29.5 Å². The minimum Gasteiger partial charge on any atom is -0.492 e. The van der Waals surface area contributed by atoms with E-state index in [1.165, 1.54) is 17.5 Å². The third kappa shape index (κ3) is 3.61. The Kier molecular flexibility index (Phi) is 4.60. The van der Waals surface area contributed by atoms with Gasteiger partial charge in [0, 0.05) is 4.47 Å². The minimum absolute atomic E-state index is 0.261. The molecule has 2 aliphatic rings. The number of benzene rings is 2. The van der Waals surface area contributed by atoms with Gasteiger partial charge in [0.05, 0.1) is 10.9 Å². The van der Waals surface area contributed by atoms with Crippen molar-refractivity contribution in [3.8, 4) is 5.75 Å². The van der Waals surface area contributed by atoms with E-state index in [-0.39, 0.29) is 6.04 Å². The van der Waals surface area contributed by atoms with E-state index in [9.17, 15) is 8.42 Å². The third-order valence-electron chi connectivity index (χ3n) is 4.88. The molecule has 0 bridgehead atoms. The second-order valence-corrected chi connectivity index (χ2v) is 9.35. The summed E-state index contributed by atoms with van der Waals surface area (Å²) in [6.45, 7) is 0.346. The Morgan fingerprint density at radius 3 is 2.64 bits per heavy atom. The number of aryl methyl sites for hydroxylation is 2. The molecule has 1 aliphatic heterocycles. The molecule has 0 aromatic heterocycles. The summed E-state index contributed by atoms with van der Waals surface area (Å²) < 4.78 is 35.1. The number of rotatable bonds is 3. The zero-order valence-corrected chi connectivity index (χ0v) is 16.2. The SMILES string of the molecule is O=S(=O)(N[C@@H]1COc2ccc(Br)cc2C1)c1ccc2c(c1)CCCC2. The molecule has 1 heterocycles. The van der Waals surface area contributed by atoms with E-state index < -0.39 is 10.0 Å². The van der Waals surface area contributed by atoms with E-state index in [1.807, 2.05) is 30.3 Å². The Labute approximate surface area is 156 Å². The Bertz CT molecular complexity index is 911. The number of hydrogen-bond acceptors (Lipinski definition) is 3. The summed E-state index contributed by atoms with van der Waals surface area (Å²) in [6.07, 6.45) is 4.95. The van der Waals surface area contributed by atoms with Crippen LogP contribution in [0.5, 0.6) is 5.75 Å². The molecule has 1 aliphatic carbocycles. The largest absolute Gasteiger partial charge is 0.492 e. The molecule has 0 unspecified atom stereocenters. The van der Waals surface area contributed by atoms with E-state index >= 15 is 0 Å². The van der Waals surface area contributed by atoms with Crippen LogP contribution in [0, 0.1) is 0 Å². The highest BCUT2D eigenvalue weighted by molar-refractivity contribution is 9.10. The van der Waals surface area contributed by atoms with Crippen LogP contribution in [0.3, 0.4) is 0 Å². The van der Waals surface area contributed by atoms with Gasteiger partial charge in [-0.1, -0.05) is 22.0 Å². The normalized spacial score (nSPS) is 19.6. The molecule has 132 valence electrons. The second kappa shape index (κ2) is 6.74. The van der Waals surface area contributed by atoms with Crippen molar-refractivity contribution < 1.29 is 13.2 Å². The lowest BCUT2D eigenvalue weighted by Gasteiger charge is -2.26. The molecule has 25 heavy (non-hydrogen) atoms. The van der Waals surface area contributed by atoms with Gasteiger partial charge >= 0.3 is 0 Å². The number of ether oxygens (including phenoxy) is 1. The van der Waals surface area contributed by atoms with Crippen LogP contribution in [0.4, 0.5) is 0 Å². The average Bonchev–Trinajstić information content (AvgIpc) is 2.60. The average molecular weight is 422 g/mol. The van der Waals surface area contributed by atoms with Gasteiger partial charge in [-0.3, -0.25) is 0 Å². The van der Waals surface area contributed by atoms with Crippen LogP contribution in [0.25, 0.3) is 0 Å². The zero-order valence-electron chi connectivity index (χ0n) is 13.8. The zero-order chi connectivity index (χ0) is 17.4. The summed E-state index contributed by atoms with van der Waals surface area (Å²) in [5, 5.41) is 0. The highest BCUT2D eigenvalue weighted by atomic mass is 79.9. The van der Waals surface area contributed by atoms with Crippen molar-refractivity contribution in [3.05, 3.63) is 57.6 Å². The first-order valence-electron chi connectivity index (χ1n) is 8.57. The molecule has 1 atom stereocenters. The first kappa shape index (κ1) is 17.1. The van der Waals surface area contributed by atoms with E-state index in [0.29, 0.717) is 17.9 Å². The first-order valence-corrected chi connectivity index (χ1v) is 10.8. The van der Waals surface area contributed by atoms with E-state index in [4.69, 9.17) is 4.74 Å². The van der Waals surface area contributed by atoms with Crippen LogP contribution in [-0.2, 0) is 29.3 Å². The highest BCUT2D eigenvalue weighted by Crippen LogP contribution is 2.29. The lowest BCUT2D eigenvalue weighted by molar-refractivity contribution is 0.254. The highest BCUT2D eigenvalue weighted by Gasteiger charge is 2.26. The fraction of sp³-hybridized carbons (Fsp3) is 0.368. The van der Waals surface area contributed by atoms with Crippen LogP contribution >= 0.6 is 15.9 Å².